The predicted molar refractivity (Wildman–Crippen MR) is 77.6 cm³/mol. The lowest BCUT2D eigenvalue weighted by molar-refractivity contribution is -0.146. The van der Waals surface area contributed by atoms with Crippen molar-refractivity contribution in [1.29, 1.82) is 0 Å². The summed E-state index contributed by atoms with van der Waals surface area (Å²) in [6.45, 7) is 0. The van der Waals surface area contributed by atoms with Crippen molar-refractivity contribution in [2.75, 3.05) is 0 Å². The van der Waals surface area contributed by atoms with Gasteiger partial charge in [-0.2, -0.15) is 22.8 Å². The van der Waals surface area contributed by atoms with Gasteiger partial charge in [0.15, 0.2) is 11.5 Å². The highest BCUT2D eigenvalue weighted by atomic mass is 19.4. The molecule has 3 aromatic heterocycles. The van der Waals surface area contributed by atoms with Crippen LogP contribution in [0.15, 0.2) is 24.4 Å². The third-order valence-corrected chi connectivity index (χ3v) is 3.95. The van der Waals surface area contributed by atoms with Crippen LogP contribution in [-0.2, 0) is 6.18 Å². The molecule has 12 heteroatoms. The van der Waals surface area contributed by atoms with Gasteiger partial charge in [0.2, 0.25) is 0 Å². The van der Waals surface area contributed by atoms with Crippen molar-refractivity contribution >= 4 is 5.65 Å². The van der Waals surface area contributed by atoms with Crippen LogP contribution < -0.4 is 4.74 Å². The van der Waals surface area contributed by atoms with Crippen molar-refractivity contribution in [3.63, 3.8) is 0 Å². The topological polar surface area (TPSA) is 65.2 Å². The van der Waals surface area contributed by atoms with E-state index in [4.69, 9.17) is 4.74 Å². The maximum Gasteiger partial charge on any atom is 0.453 e. The molecule has 0 aromatic carbocycles. The van der Waals surface area contributed by atoms with Gasteiger partial charge in [-0.3, -0.25) is 0 Å². The molecule has 3 aromatic rings. The fraction of sp³-hybridized carbons (Fsp3) is 0.333. The molecule has 1 fully saturated rings. The van der Waals surface area contributed by atoms with Gasteiger partial charge in [0.05, 0.1) is 5.69 Å². The summed E-state index contributed by atoms with van der Waals surface area (Å²) in [7, 11) is 0. The number of hydrogen-bond acceptors (Lipinski definition) is 5. The molecule has 1 aliphatic carbocycles. The van der Waals surface area contributed by atoms with Crippen LogP contribution in [0.3, 0.4) is 0 Å². The first kappa shape index (κ1) is 17.5. The standard InChI is InChI=1S/C15H9F6N5O/c16-9-3-7(6-22-12(9)27-8-4-14(17,18)5-8)10-1-2-11-23-24-13(15(19,20)21)26(11)25-10/h1-3,6,8H,4-5H2. The average Bonchev–Trinajstić information content (AvgIpc) is 2.98. The van der Waals surface area contributed by atoms with Gasteiger partial charge in [-0.25, -0.2) is 18.2 Å². The monoisotopic (exact) mass is 389 g/mol. The number of hydrogen-bond donors (Lipinski definition) is 0. The molecule has 0 bridgehead atoms. The lowest BCUT2D eigenvalue weighted by Crippen LogP contribution is -2.43. The lowest BCUT2D eigenvalue weighted by atomic mass is 9.91. The van der Waals surface area contributed by atoms with Crippen LogP contribution in [0, 0.1) is 5.82 Å². The Morgan fingerprint density at radius 1 is 1.15 bits per heavy atom. The third kappa shape index (κ3) is 3.26. The van der Waals surface area contributed by atoms with E-state index in [1.807, 2.05) is 0 Å². The van der Waals surface area contributed by atoms with E-state index in [2.05, 4.69) is 20.3 Å². The van der Waals surface area contributed by atoms with Gasteiger partial charge in [0, 0.05) is 24.6 Å². The van der Waals surface area contributed by atoms with E-state index < -0.39 is 48.6 Å². The fourth-order valence-electron chi connectivity index (χ4n) is 2.62. The number of ether oxygens (including phenoxy) is 1. The van der Waals surface area contributed by atoms with Gasteiger partial charge in [-0.15, -0.1) is 10.2 Å². The molecule has 1 aliphatic rings. The zero-order chi connectivity index (χ0) is 19.4. The van der Waals surface area contributed by atoms with E-state index in [9.17, 15) is 26.3 Å². The molecule has 0 saturated heterocycles. The Labute approximate surface area is 146 Å². The zero-order valence-corrected chi connectivity index (χ0v) is 13.2. The average molecular weight is 389 g/mol. The Bertz CT molecular complexity index is 1010. The highest BCUT2D eigenvalue weighted by molar-refractivity contribution is 5.59. The number of fused-ring (bicyclic) bond motifs is 1. The van der Waals surface area contributed by atoms with Crippen molar-refractivity contribution in [2.24, 2.45) is 0 Å². The van der Waals surface area contributed by atoms with Crippen molar-refractivity contribution < 1.29 is 31.1 Å². The first-order valence-electron chi connectivity index (χ1n) is 7.62. The largest absolute Gasteiger partial charge is 0.472 e. The number of nitrogens with zero attached hydrogens (tertiary/aromatic N) is 5. The molecule has 3 heterocycles. The minimum Gasteiger partial charge on any atom is -0.472 e. The Morgan fingerprint density at radius 2 is 1.89 bits per heavy atom. The molecule has 4 rings (SSSR count). The molecule has 0 N–H and O–H groups in total. The Balaban J connectivity index is 1.62. The van der Waals surface area contributed by atoms with Gasteiger partial charge >= 0.3 is 6.18 Å². The van der Waals surface area contributed by atoms with Gasteiger partial charge in [-0.05, 0) is 18.2 Å². The second-order valence-electron chi connectivity index (χ2n) is 6.02. The summed E-state index contributed by atoms with van der Waals surface area (Å²) in [6, 6.07) is 3.52. The summed E-state index contributed by atoms with van der Waals surface area (Å²) >= 11 is 0. The van der Waals surface area contributed by atoms with Gasteiger partial charge in [0.1, 0.15) is 6.10 Å². The Morgan fingerprint density at radius 3 is 2.52 bits per heavy atom. The smallest absolute Gasteiger partial charge is 0.453 e. The summed E-state index contributed by atoms with van der Waals surface area (Å²) in [5, 5.41) is 10.2. The molecule has 0 aliphatic heterocycles. The first-order chi connectivity index (χ1) is 12.6. The van der Waals surface area contributed by atoms with Crippen LogP contribution in [0.1, 0.15) is 18.7 Å². The second kappa shape index (κ2) is 5.79. The highest BCUT2D eigenvalue weighted by Crippen LogP contribution is 2.40. The minimum atomic E-state index is -4.77. The third-order valence-electron chi connectivity index (χ3n) is 3.95. The second-order valence-corrected chi connectivity index (χ2v) is 6.02. The molecule has 0 spiro atoms. The van der Waals surface area contributed by atoms with Crippen LogP contribution >= 0.6 is 0 Å². The van der Waals surface area contributed by atoms with Gasteiger partial charge < -0.3 is 4.74 Å². The SMILES string of the molecule is Fc1cc(-c2ccc3nnc(C(F)(F)F)n3n2)cnc1OC1CC(F)(F)C1. The van der Waals surface area contributed by atoms with Gasteiger partial charge in [0.25, 0.3) is 17.6 Å². The fourth-order valence-corrected chi connectivity index (χ4v) is 2.62. The van der Waals surface area contributed by atoms with Crippen LogP contribution in [0.4, 0.5) is 26.3 Å². The van der Waals surface area contributed by atoms with Gasteiger partial charge in [-0.1, -0.05) is 0 Å². The first-order valence-corrected chi connectivity index (χ1v) is 7.62. The summed E-state index contributed by atoms with van der Waals surface area (Å²) < 4.78 is 84.1. The number of pyridine rings is 1. The quantitative estimate of drug-likeness (QED) is 0.642. The van der Waals surface area contributed by atoms with Crippen LogP contribution in [-0.4, -0.2) is 36.8 Å². The lowest BCUT2D eigenvalue weighted by Gasteiger charge is -2.34. The summed E-state index contributed by atoms with van der Waals surface area (Å²) in [4.78, 5) is 3.72. The van der Waals surface area contributed by atoms with E-state index in [0.29, 0.717) is 4.52 Å². The normalized spacial score (nSPS) is 17.1. The van der Waals surface area contributed by atoms with E-state index in [0.717, 1.165) is 12.3 Å². The van der Waals surface area contributed by atoms with E-state index >= 15 is 0 Å². The van der Waals surface area contributed by atoms with Crippen molar-refractivity contribution in [3.05, 3.63) is 36.0 Å². The predicted octanol–water partition coefficient (Wildman–Crippen LogP) is 3.52. The van der Waals surface area contributed by atoms with Crippen LogP contribution in [0.2, 0.25) is 0 Å². The Kier molecular flexibility index (Phi) is 3.75. The minimum absolute atomic E-state index is 0.0130. The summed E-state index contributed by atoms with van der Waals surface area (Å²) in [5.74, 6) is -5.54. The molecule has 0 amide bonds. The van der Waals surface area contributed by atoms with Crippen molar-refractivity contribution in [3.8, 4) is 17.1 Å². The maximum atomic E-state index is 14.2. The van der Waals surface area contributed by atoms with E-state index in [-0.39, 0.29) is 16.9 Å². The molecule has 0 unspecified atom stereocenters. The molecule has 1 saturated carbocycles. The van der Waals surface area contributed by atoms with E-state index in [1.54, 1.807) is 0 Å². The molecule has 6 nitrogen and oxygen atoms in total. The maximum absolute atomic E-state index is 14.2. The van der Waals surface area contributed by atoms with Crippen molar-refractivity contribution in [1.82, 2.24) is 24.8 Å². The molecule has 142 valence electrons. The molecule has 0 atom stereocenters. The number of alkyl halides is 5. The van der Waals surface area contributed by atoms with E-state index in [1.165, 1.54) is 12.1 Å². The zero-order valence-electron chi connectivity index (χ0n) is 13.2. The molecule has 27 heavy (non-hydrogen) atoms. The van der Waals surface area contributed by atoms with Crippen molar-refractivity contribution in [2.45, 2.75) is 31.0 Å². The molecular formula is C15H9F6N5O. The number of rotatable bonds is 3. The summed E-state index contributed by atoms with van der Waals surface area (Å²) in [5.41, 5.74) is -0.0752. The summed E-state index contributed by atoms with van der Waals surface area (Å²) in [6.07, 6.45) is -5.53. The number of aromatic nitrogens is 5. The van der Waals surface area contributed by atoms with Crippen LogP contribution in [0.5, 0.6) is 5.88 Å². The highest BCUT2D eigenvalue weighted by Gasteiger charge is 2.47. The molecule has 0 radical (unpaired) electrons. The Hall–Kier alpha value is -2.92. The van der Waals surface area contributed by atoms with Crippen LogP contribution in [0.25, 0.3) is 16.9 Å². The molecular weight excluding hydrogens is 380 g/mol. The number of halogens is 6.